The van der Waals surface area contributed by atoms with E-state index in [4.69, 9.17) is 0 Å². The van der Waals surface area contributed by atoms with Crippen LogP contribution in [0.25, 0.3) is 0 Å². The summed E-state index contributed by atoms with van der Waals surface area (Å²) < 4.78 is 35.9. The van der Waals surface area contributed by atoms with Gasteiger partial charge < -0.3 is 12.9 Å². The minimum absolute atomic E-state index is 0. The Morgan fingerprint density at radius 3 is 1.58 bits per heavy atom. The second-order valence-electron chi connectivity index (χ2n) is 3.83. The van der Waals surface area contributed by atoms with Gasteiger partial charge in [0.2, 0.25) is 0 Å². The first-order valence-corrected chi connectivity index (χ1v) is 3.52. The number of hydrogen-bond donors (Lipinski definition) is 0. The molecule has 0 aliphatic carbocycles. The van der Waals surface area contributed by atoms with Crippen molar-refractivity contribution in [1.29, 1.82) is 0 Å². The molecular formula is C7H13BF3K. The number of rotatable bonds is 1. The van der Waals surface area contributed by atoms with E-state index in [0.717, 1.165) is 6.92 Å². The van der Waals surface area contributed by atoms with Crippen molar-refractivity contribution in [2.75, 3.05) is 0 Å². The molecule has 0 amide bonds. The van der Waals surface area contributed by atoms with E-state index in [1.54, 1.807) is 20.8 Å². The maximum absolute atomic E-state index is 12.0. The average Bonchev–Trinajstić information content (AvgIpc) is 1.56. The fraction of sp³-hybridized carbons (Fsp3) is 0.714. The summed E-state index contributed by atoms with van der Waals surface area (Å²) >= 11 is 0. The smallest absolute Gasteiger partial charge is 0.445 e. The van der Waals surface area contributed by atoms with Crippen molar-refractivity contribution < 1.29 is 64.3 Å². The molecule has 0 aromatic carbocycles. The summed E-state index contributed by atoms with van der Waals surface area (Å²) in [5.41, 5.74) is -0.848. The SMILES string of the molecule is C/C(=C\C(C)(C)C)[B-](F)(F)F.[K+]. The summed E-state index contributed by atoms with van der Waals surface area (Å²) in [6.07, 6.45) is 1.26. The zero-order chi connectivity index (χ0) is 9.28. The van der Waals surface area contributed by atoms with E-state index in [9.17, 15) is 12.9 Å². The summed E-state index contributed by atoms with van der Waals surface area (Å²) in [4.78, 5) is 0. The van der Waals surface area contributed by atoms with Crippen LogP contribution >= 0.6 is 0 Å². The van der Waals surface area contributed by atoms with Crippen molar-refractivity contribution in [2.45, 2.75) is 27.7 Å². The van der Waals surface area contributed by atoms with Crippen LogP contribution in [-0.2, 0) is 0 Å². The third-order valence-electron chi connectivity index (χ3n) is 1.18. The molecule has 0 spiro atoms. The predicted octanol–water partition coefficient (Wildman–Crippen LogP) is 0.369. The van der Waals surface area contributed by atoms with Gasteiger partial charge in [-0.1, -0.05) is 27.7 Å². The molecule has 0 aliphatic heterocycles. The Morgan fingerprint density at radius 2 is 1.50 bits per heavy atom. The molecule has 0 aromatic heterocycles. The van der Waals surface area contributed by atoms with Gasteiger partial charge in [-0.05, 0) is 5.41 Å². The van der Waals surface area contributed by atoms with E-state index in [0.29, 0.717) is 0 Å². The Balaban J connectivity index is 0. The Kier molecular flexibility index (Phi) is 6.80. The Morgan fingerprint density at radius 1 is 1.17 bits per heavy atom. The summed E-state index contributed by atoms with van der Waals surface area (Å²) in [6.45, 7) is 1.59. The van der Waals surface area contributed by atoms with Crippen molar-refractivity contribution in [1.82, 2.24) is 0 Å². The molecule has 0 unspecified atom stereocenters. The van der Waals surface area contributed by atoms with Gasteiger partial charge >= 0.3 is 58.4 Å². The van der Waals surface area contributed by atoms with E-state index in [1.807, 2.05) is 0 Å². The molecule has 5 heteroatoms. The van der Waals surface area contributed by atoms with Gasteiger partial charge in [-0.2, -0.15) is 0 Å². The number of hydrogen-bond acceptors (Lipinski definition) is 0. The van der Waals surface area contributed by atoms with Gasteiger partial charge in [-0.15, -0.1) is 11.5 Å². The topological polar surface area (TPSA) is 0 Å². The van der Waals surface area contributed by atoms with Crippen molar-refractivity contribution >= 4 is 6.98 Å². The molecule has 66 valence electrons. The maximum atomic E-state index is 12.0. The van der Waals surface area contributed by atoms with E-state index in [-0.39, 0.29) is 56.8 Å². The summed E-state index contributed by atoms with van der Waals surface area (Å²) in [5.74, 6) is 0. The molecule has 0 fully saturated rings. The molecule has 0 saturated carbocycles. The quantitative estimate of drug-likeness (QED) is 0.541. The van der Waals surface area contributed by atoms with Crippen LogP contribution in [0.4, 0.5) is 12.9 Å². The predicted molar refractivity (Wildman–Crippen MR) is 42.3 cm³/mol. The molecule has 0 N–H and O–H groups in total. The number of halogens is 3. The molecular weight excluding hydrogens is 191 g/mol. The van der Waals surface area contributed by atoms with Gasteiger partial charge in [0, 0.05) is 0 Å². The molecule has 0 bridgehead atoms. The fourth-order valence-electron chi connectivity index (χ4n) is 0.778. The van der Waals surface area contributed by atoms with Gasteiger partial charge in [-0.3, -0.25) is 0 Å². The Bertz CT molecular complexity index is 166. The van der Waals surface area contributed by atoms with Crippen LogP contribution in [0, 0.1) is 5.41 Å². The molecule has 0 aromatic rings. The van der Waals surface area contributed by atoms with E-state index in [1.165, 1.54) is 6.08 Å². The van der Waals surface area contributed by atoms with Gasteiger partial charge in [0.25, 0.3) is 0 Å². The second-order valence-corrected chi connectivity index (χ2v) is 3.83. The van der Waals surface area contributed by atoms with Crippen LogP contribution in [0.1, 0.15) is 27.7 Å². The Hall–Kier alpha value is 1.23. The van der Waals surface area contributed by atoms with Crippen LogP contribution in [0.3, 0.4) is 0 Å². The number of allylic oxidation sites excluding steroid dienone is 2. The normalized spacial score (nSPS) is 14.1. The fourth-order valence-corrected chi connectivity index (χ4v) is 0.778. The van der Waals surface area contributed by atoms with E-state index < -0.39 is 12.4 Å². The minimum Gasteiger partial charge on any atom is -0.445 e. The van der Waals surface area contributed by atoms with Crippen LogP contribution in [0.2, 0.25) is 0 Å². The zero-order valence-electron chi connectivity index (χ0n) is 8.29. The maximum Gasteiger partial charge on any atom is 1.00 e. The largest absolute Gasteiger partial charge is 1.00 e. The summed E-state index contributed by atoms with van der Waals surface area (Å²) in [7, 11) is 0. The van der Waals surface area contributed by atoms with Gasteiger partial charge in [0.15, 0.2) is 0 Å². The van der Waals surface area contributed by atoms with Crippen LogP contribution in [0.5, 0.6) is 0 Å². The Labute approximate surface area is 114 Å². The summed E-state index contributed by atoms with van der Waals surface area (Å²) in [6, 6.07) is 0. The van der Waals surface area contributed by atoms with Crippen LogP contribution < -0.4 is 51.4 Å². The van der Waals surface area contributed by atoms with Crippen molar-refractivity contribution in [2.24, 2.45) is 5.41 Å². The average molecular weight is 204 g/mol. The van der Waals surface area contributed by atoms with Crippen molar-refractivity contribution in [3.8, 4) is 0 Å². The molecule has 0 nitrogen and oxygen atoms in total. The standard InChI is InChI=1S/C7H13BF3.K/c1-6(8(9,10)11)5-7(2,3)4;/h5H,1-4H3;/q-1;+1/b6-5+;. The van der Waals surface area contributed by atoms with Gasteiger partial charge in [0.05, 0.1) is 0 Å². The molecule has 0 radical (unpaired) electrons. The van der Waals surface area contributed by atoms with Crippen LogP contribution in [-0.4, -0.2) is 6.98 Å². The third-order valence-corrected chi connectivity index (χ3v) is 1.18. The van der Waals surface area contributed by atoms with Crippen molar-refractivity contribution in [3.63, 3.8) is 0 Å². The first kappa shape index (κ1) is 15.7. The first-order chi connectivity index (χ1) is 4.63. The molecule has 0 aliphatic rings. The zero-order valence-corrected chi connectivity index (χ0v) is 11.4. The second kappa shape index (κ2) is 5.20. The molecule has 0 saturated heterocycles. The first-order valence-electron chi connectivity index (χ1n) is 3.52. The van der Waals surface area contributed by atoms with Crippen LogP contribution in [0.15, 0.2) is 11.5 Å². The minimum atomic E-state index is -4.77. The third kappa shape index (κ3) is 7.86. The van der Waals surface area contributed by atoms with Gasteiger partial charge in [-0.25, -0.2) is 0 Å². The van der Waals surface area contributed by atoms with Crippen molar-refractivity contribution in [3.05, 3.63) is 11.5 Å². The summed E-state index contributed by atoms with van der Waals surface area (Å²) in [5, 5.41) is 0. The van der Waals surface area contributed by atoms with E-state index >= 15 is 0 Å². The molecule has 0 rings (SSSR count). The monoisotopic (exact) mass is 204 g/mol. The molecule has 12 heavy (non-hydrogen) atoms. The molecule has 0 atom stereocenters. The molecule has 0 heterocycles. The van der Waals surface area contributed by atoms with E-state index in [2.05, 4.69) is 0 Å². The van der Waals surface area contributed by atoms with Gasteiger partial charge in [0.1, 0.15) is 0 Å².